The molecule has 2 heteroatoms. The first-order valence-corrected chi connectivity index (χ1v) is 6.52. The zero-order valence-corrected chi connectivity index (χ0v) is 9.96. The highest BCUT2D eigenvalue weighted by Crippen LogP contribution is 2.16. The van der Waals surface area contributed by atoms with Crippen molar-refractivity contribution in [3.8, 4) is 0 Å². The van der Waals surface area contributed by atoms with Gasteiger partial charge in [0.25, 0.3) is 0 Å². The molecule has 1 rings (SSSR count). The van der Waals surface area contributed by atoms with Crippen LogP contribution in [0.2, 0.25) is 0 Å². The van der Waals surface area contributed by atoms with Crippen LogP contribution in [-0.2, 0) is 9.53 Å². The summed E-state index contributed by atoms with van der Waals surface area (Å²) in [4.78, 5) is 11.4. The van der Waals surface area contributed by atoms with Crippen molar-refractivity contribution in [2.75, 3.05) is 0 Å². The molecule has 0 aliphatic carbocycles. The number of hydrogen-bond acceptors (Lipinski definition) is 2. The number of hydrogen-bond donors (Lipinski definition) is 0. The Morgan fingerprint density at radius 3 is 2.33 bits per heavy atom. The first kappa shape index (κ1) is 12.5. The maximum absolute atomic E-state index is 11.4. The maximum Gasteiger partial charge on any atom is 0.306 e. The number of cyclic esters (lactones) is 1. The van der Waals surface area contributed by atoms with E-state index in [0.717, 1.165) is 19.3 Å². The molecule has 0 aromatic heterocycles. The fraction of sp³-hybridized carbons (Fsp3) is 0.923. The summed E-state index contributed by atoms with van der Waals surface area (Å²) in [7, 11) is 0. The molecule has 1 aliphatic heterocycles. The summed E-state index contributed by atoms with van der Waals surface area (Å²) in [5, 5.41) is 0. The van der Waals surface area contributed by atoms with Crippen molar-refractivity contribution < 1.29 is 9.53 Å². The van der Waals surface area contributed by atoms with Crippen LogP contribution in [-0.4, -0.2) is 12.1 Å². The summed E-state index contributed by atoms with van der Waals surface area (Å²) in [5.41, 5.74) is 0. The van der Waals surface area contributed by atoms with Gasteiger partial charge in [-0.05, 0) is 25.7 Å². The molecule has 0 N–H and O–H groups in total. The molecule has 1 heterocycles. The molecule has 1 atom stereocenters. The summed E-state index contributed by atoms with van der Waals surface area (Å²) in [6.07, 6.45) is 11.5. The van der Waals surface area contributed by atoms with Gasteiger partial charge >= 0.3 is 5.97 Å². The van der Waals surface area contributed by atoms with E-state index in [4.69, 9.17) is 4.74 Å². The van der Waals surface area contributed by atoms with Gasteiger partial charge in [-0.2, -0.15) is 0 Å². The summed E-state index contributed by atoms with van der Waals surface area (Å²) >= 11 is 0. The minimum atomic E-state index is 0.0161. The van der Waals surface area contributed by atoms with E-state index >= 15 is 0 Å². The van der Waals surface area contributed by atoms with Crippen LogP contribution in [0.5, 0.6) is 0 Å². The van der Waals surface area contributed by atoms with Crippen LogP contribution in [0.3, 0.4) is 0 Å². The molecule has 2 nitrogen and oxygen atoms in total. The Morgan fingerprint density at radius 2 is 1.67 bits per heavy atom. The van der Waals surface area contributed by atoms with Gasteiger partial charge in [-0.3, -0.25) is 4.79 Å². The third-order valence-corrected chi connectivity index (χ3v) is 3.16. The van der Waals surface area contributed by atoms with Crippen LogP contribution in [0.4, 0.5) is 0 Å². The predicted octanol–water partition coefficient (Wildman–Crippen LogP) is 3.83. The molecule has 0 amide bonds. The third-order valence-electron chi connectivity index (χ3n) is 3.16. The molecule has 0 bridgehead atoms. The summed E-state index contributed by atoms with van der Waals surface area (Å²) < 4.78 is 5.43. The van der Waals surface area contributed by atoms with Crippen LogP contribution in [0.25, 0.3) is 0 Å². The van der Waals surface area contributed by atoms with Crippen LogP contribution >= 0.6 is 0 Å². The topological polar surface area (TPSA) is 26.3 Å². The van der Waals surface area contributed by atoms with Crippen molar-refractivity contribution in [1.29, 1.82) is 0 Å². The second kappa shape index (κ2) is 7.72. The smallest absolute Gasteiger partial charge is 0.306 e. The van der Waals surface area contributed by atoms with E-state index in [9.17, 15) is 4.79 Å². The summed E-state index contributed by atoms with van der Waals surface area (Å²) in [6.45, 7) is 2.10. The molecule has 0 spiro atoms. The number of rotatable bonds is 1. The lowest BCUT2D eigenvalue weighted by Gasteiger charge is -2.16. The molecular formula is C13H24O2. The molecule has 1 fully saturated rings. The van der Waals surface area contributed by atoms with E-state index in [1.54, 1.807) is 0 Å². The van der Waals surface area contributed by atoms with Crippen molar-refractivity contribution in [2.24, 2.45) is 0 Å². The van der Waals surface area contributed by atoms with E-state index in [1.807, 2.05) is 0 Å². The number of carbonyl (C=O) groups excluding carboxylic acids is 1. The highest BCUT2D eigenvalue weighted by atomic mass is 16.5. The second-order valence-corrected chi connectivity index (χ2v) is 4.53. The predicted molar refractivity (Wildman–Crippen MR) is 61.7 cm³/mol. The SMILES string of the molecule is CCC1CCCCCCCCCC(=O)O1. The molecule has 1 saturated heterocycles. The Balaban J connectivity index is 2.32. The lowest BCUT2D eigenvalue weighted by molar-refractivity contribution is -0.149. The number of carbonyl (C=O) groups is 1. The van der Waals surface area contributed by atoms with Crippen LogP contribution in [0, 0.1) is 0 Å². The number of esters is 1. The van der Waals surface area contributed by atoms with Gasteiger partial charge in [0.1, 0.15) is 6.10 Å². The van der Waals surface area contributed by atoms with Crippen molar-refractivity contribution in [3.05, 3.63) is 0 Å². The van der Waals surface area contributed by atoms with Gasteiger partial charge in [0.2, 0.25) is 0 Å². The van der Waals surface area contributed by atoms with Crippen molar-refractivity contribution in [1.82, 2.24) is 0 Å². The summed E-state index contributed by atoms with van der Waals surface area (Å²) in [6, 6.07) is 0. The van der Waals surface area contributed by atoms with Gasteiger partial charge in [0, 0.05) is 6.42 Å². The van der Waals surface area contributed by atoms with Crippen LogP contribution in [0.15, 0.2) is 0 Å². The minimum Gasteiger partial charge on any atom is -0.462 e. The molecule has 0 radical (unpaired) electrons. The van der Waals surface area contributed by atoms with Crippen LogP contribution < -0.4 is 0 Å². The molecule has 0 aromatic carbocycles. The monoisotopic (exact) mass is 212 g/mol. The van der Waals surface area contributed by atoms with Crippen molar-refractivity contribution >= 4 is 5.97 Å². The Hall–Kier alpha value is -0.530. The Kier molecular flexibility index (Phi) is 6.45. The Bertz CT molecular complexity index is 177. The fourth-order valence-electron chi connectivity index (χ4n) is 2.12. The summed E-state index contributed by atoms with van der Waals surface area (Å²) in [5.74, 6) is 0.0161. The average molecular weight is 212 g/mol. The molecule has 15 heavy (non-hydrogen) atoms. The van der Waals surface area contributed by atoms with Gasteiger partial charge < -0.3 is 4.74 Å². The zero-order chi connectivity index (χ0) is 10.9. The lowest BCUT2D eigenvalue weighted by atomic mass is 10.0. The first-order chi connectivity index (χ1) is 7.33. The molecule has 88 valence electrons. The van der Waals surface area contributed by atoms with E-state index < -0.39 is 0 Å². The van der Waals surface area contributed by atoms with Gasteiger partial charge in [0.05, 0.1) is 0 Å². The molecular weight excluding hydrogens is 188 g/mol. The van der Waals surface area contributed by atoms with Crippen LogP contribution in [0.1, 0.15) is 71.1 Å². The molecule has 1 aliphatic rings. The van der Waals surface area contributed by atoms with E-state index in [-0.39, 0.29) is 12.1 Å². The van der Waals surface area contributed by atoms with Gasteiger partial charge in [-0.1, -0.05) is 39.0 Å². The fourth-order valence-corrected chi connectivity index (χ4v) is 2.12. The van der Waals surface area contributed by atoms with E-state index in [2.05, 4.69) is 6.92 Å². The Labute approximate surface area is 93.4 Å². The molecule has 0 saturated carbocycles. The highest BCUT2D eigenvalue weighted by molar-refractivity contribution is 5.69. The largest absolute Gasteiger partial charge is 0.462 e. The Morgan fingerprint density at radius 1 is 1.07 bits per heavy atom. The normalized spacial score (nSPS) is 26.2. The van der Waals surface area contributed by atoms with E-state index in [1.165, 1.54) is 38.5 Å². The molecule has 1 unspecified atom stereocenters. The highest BCUT2D eigenvalue weighted by Gasteiger charge is 2.12. The van der Waals surface area contributed by atoms with Crippen molar-refractivity contribution in [2.45, 2.75) is 77.2 Å². The van der Waals surface area contributed by atoms with Crippen molar-refractivity contribution in [3.63, 3.8) is 0 Å². The average Bonchev–Trinajstić information content (AvgIpc) is 2.22. The van der Waals surface area contributed by atoms with E-state index in [0.29, 0.717) is 6.42 Å². The second-order valence-electron chi connectivity index (χ2n) is 4.53. The number of ether oxygens (including phenoxy) is 1. The lowest BCUT2D eigenvalue weighted by Crippen LogP contribution is -2.17. The third kappa shape index (κ3) is 5.81. The minimum absolute atomic E-state index is 0.0161. The maximum atomic E-state index is 11.4. The molecule has 0 aromatic rings. The van der Waals surface area contributed by atoms with Gasteiger partial charge in [0.15, 0.2) is 0 Å². The zero-order valence-electron chi connectivity index (χ0n) is 9.96. The standard InChI is InChI=1S/C13H24O2/c1-2-12-10-8-6-4-3-5-7-9-11-13(14)15-12/h12H,2-11H2,1H3. The van der Waals surface area contributed by atoms with Gasteiger partial charge in [-0.25, -0.2) is 0 Å². The van der Waals surface area contributed by atoms with Gasteiger partial charge in [-0.15, -0.1) is 0 Å². The quantitative estimate of drug-likeness (QED) is 0.617. The first-order valence-electron chi connectivity index (χ1n) is 6.52.